The van der Waals surface area contributed by atoms with Gasteiger partial charge in [0.05, 0.1) is 22.7 Å². The summed E-state index contributed by atoms with van der Waals surface area (Å²) >= 11 is 6.26. The van der Waals surface area contributed by atoms with Gasteiger partial charge in [0.15, 0.2) is 0 Å². The van der Waals surface area contributed by atoms with Crippen molar-refractivity contribution in [1.82, 2.24) is 9.29 Å². The molecule has 2 aliphatic heterocycles. The lowest BCUT2D eigenvalue weighted by Gasteiger charge is -2.35. The Balaban J connectivity index is 1.34. The first kappa shape index (κ1) is 20.3. The maximum Gasteiger partial charge on any atom is 0.216 e. The Bertz CT molecular complexity index is 1070. The number of aromatic nitrogens is 1. The summed E-state index contributed by atoms with van der Waals surface area (Å²) in [7, 11) is -3.07. The van der Waals surface area contributed by atoms with Crippen molar-refractivity contribution in [1.29, 1.82) is 0 Å². The van der Waals surface area contributed by atoms with Gasteiger partial charge in [0, 0.05) is 30.9 Å². The summed E-state index contributed by atoms with van der Waals surface area (Å²) < 4.78 is 26.8. The largest absolute Gasteiger partial charge is 0.357 e. The van der Waals surface area contributed by atoms with E-state index in [4.69, 9.17) is 11.6 Å². The van der Waals surface area contributed by atoms with Crippen LogP contribution in [-0.2, 0) is 22.1 Å². The number of piperidine rings is 1. The molecular weight excluding hydrogens is 418 g/mol. The smallest absolute Gasteiger partial charge is 0.216 e. The lowest BCUT2D eigenvalue weighted by Crippen LogP contribution is -2.39. The molecule has 2 aromatic rings. The SMILES string of the molecule is CC1(C)c2cc(Cl)ccc2CN1c1cncc(C2CCN(S(=O)(=O)C3CC3)CC2)c1. The molecule has 2 fully saturated rings. The number of hydrogen-bond acceptors (Lipinski definition) is 4. The molecule has 0 radical (unpaired) electrons. The zero-order chi connectivity index (χ0) is 21.1. The Hall–Kier alpha value is -1.63. The van der Waals surface area contributed by atoms with Gasteiger partial charge in [-0.15, -0.1) is 0 Å². The van der Waals surface area contributed by atoms with Crippen LogP contribution in [0.25, 0.3) is 0 Å². The van der Waals surface area contributed by atoms with E-state index in [-0.39, 0.29) is 10.8 Å². The number of rotatable bonds is 4. The molecular formula is C23H28ClN3O2S. The van der Waals surface area contributed by atoms with Gasteiger partial charge >= 0.3 is 0 Å². The van der Waals surface area contributed by atoms with E-state index in [1.54, 1.807) is 4.31 Å². The predicted molar refractivity (Wildman–Crippen MR) is 120 cm³/mol. The van der Waals surface area contributed by atoms with E-state index in [1.165, 1.54) is 16.7 Å². The Labute approximate surface area is 184 Å². The monoisotopic (exact) mass is 445 g/mol. The normalized spacial score (nSPS) is 22.3. The molecule has 1 aromatic heterocycles. The molecule has 30 heavy (non-hydrogen) atoms. The van der Waals surface area contributed by atoms with Gasteiger partial charge in [0.25, 0.3) is 0 Å². The molecule has 5 nitrogen and oxygen atoms in total. The van der Waals surface area contributed by atoms with E-state index < -0.39 is 10.0 Å². The standard InChI is InChI=1S/C23H28ClN3O2S/c1-23(2)22-12-19(24)4-3-17(22)15-27(23)20-11-18(13-25-14-20)16-7-9-26(10-8-16)30(28,29)21-5-6-21/h3-4,11-14,16,21H,5-10,15H2,1-2H3. The zero-order valence-corrected chi connectivity index (χ0v) is 19.1. The van der Waals surface area contributed by atoms with Gasteiger partial charge in [-0.05, 0) is 80.3 Å². The minimum Gasteiger partial charge on any atom is -0.357 e. The second kappa shape index (κ2) is 7.21. The fourth-order valence-corrected chi connectivity index (χ4v) is 7.07. The fraction of sp³-hybridized carbons (Fsp3) is 0.522. The lowest BCUT2D eigenvalue weighted by atomic mass is 9.90. The summed E-state index contributed by atoms with van der Waals surface area (Å²) in [5.74, 6) is 0.352. The molecule has 160 valence electrons. The van der Waals surface area contributed by atoms with Gasteiger partial charge in [0.1, 0.15) is 0 Å². The molecule has 3 heterocycles. The third-order valence-corrected chi connectivity index (χ3v) is 9.66. The fourth-order valence-electron chi connectivity index (χ4n) is 5.02. The van der Waals surface area contributed by atoms with E-state index in [9.17, 15) is 8.42 Å². The summed E-state index contributed by atoms with van der Waals surface area (Å²) in [6.45, 7) is 6.52. The molecule has 0 bridgehead atoms. The van der Waals surface area contributed by atoms with E-state index in [1.807, 2.05) is 18.5 Å². The molecule has 5 rings (SSSR count). The van der Waals surface area contributed by atoms with Crippen LogP contribution in [0.5, 0.6) is 0 Å². The zero-order valence-electron chi connectivity index (χ0n) is 17.5. The summed E-state index contributed by atoms with van der Waals surface area (Å²) in [5.41, 5.74) is 4.72. The summed E-state index contributed by atoms with van der Waals surface area (Å²) in [6, 6.07) is 8.40. The first-order valence-corrected chi connectivity index (χ1v) is 12.7. The summed E-state index contributed by atoms with van der Waals surface area (Å²) in [4.78, 5) is 6.94. The van der Waals surface area contributed by atoms with Crippen molar-refractivity contribution >= 4 is 27.3 Å². The highest BCUT2D eigenvalue weighted by Crippen LogP contribution is 2.43. The van der Waals surface area contributed by atoms with Gasteiger partial charge in [-0.25, -0.2) is 12.7 Å². The van der Waals surface area contributed by atoms with Crippen molar-refractivity contribution in [3.8, 4) is 0 Å². The average Bonchev–Trinajstić information content (AvgIpc) is 3.55. The molecule has 7 heteroatoms. The second-order valence-corrected chi connectivity index (χ2v) is 12.0. The Morgan fingerprint density at radius 2 is 1.80 bits per heavy atom. The number of pyridine rings is 1. The van der Waals surface area contributed by atoms with Gasteiger partial charge in [-0.1, -0.05) is 17.7 Å². The third kappa shape index (κ3) is 3.43. The van der Waals surface area contributed by atoms with Crippen LogP contribution in [0.3, 0.4) is 0 Å². The maximum absolute atomic E-state index is 12.5. The molecule has 1 aromatic carbocycles. The van der Waals surface area contributed by atoms with Gasteiger partial charge < -0.3 is 4.90 Å². The minimum absolute atomic E-state index is 0.119. The van der Waals surface area contributed by atoms with Crippen LogP contribution in [-0.4, -0.2) is 36.0 Å². The van der Waals surface area contributed by atoms with Crippen LogP contribution in [0.4, 0.5) is 5.69 Å². The molecule has 3 aliphatic rings. The van der Waals surface area contributed by atoms with Crippen molar-refractivity contribution in [2.24, 2.45) is 0 Å². The first-order chi connectivity index (χ1) is 14.3. The molecule has 0 unspecified atom stereocenters. The average molecular weight is 446 g/mol. The molecule has 1 saturated carbocycles. The quantitative estimate of drug-likeness (QED) is 0.686. The number of halogens is 1. The number of hydrogen-bond donors (Lipinski definition) is 0. The van der Waals surface area contributed by atoms with E-state index in [2.05, 4.69) is 41.9 Å². The van der Waals surface area contributed by atoms with E-state index in [0.29, 0.717) is 19.0 Å². The number of sulfonamides is 1. The van der Waals surface area contributed by atoms with Crippen LogP contribution in [0.15, 0.2) is 36.7 Å². The first-order valence-electron chi connectivity index (χ1n) is 10.8. The van der Waals surface area contributed by atoms with Crippen molar-refractivity contribution in [3.05, 3.63) is 58.4 Å². The van der Waals surface area contributed by atoms with Crippen LogP contribution >= 0.6 is 11.6 Å². The second-order valence-electron chi connectivity index (χ2n) is 9.34. The highest BCUT2D eigenvalue weighted by Gasteiger charge is 2.41. The van der Waals surface area contributed by atoms with Crippen molar-refractivity contribution in [2.45, 2.75) is 62.8 Å². The topological polar surface area (TPSA) is 53.5 Å². The Morgan fingerprint density at radius 3 is 2.50 bits per heavy atom. The van der Waals surface area contributed by atoms with Crippen LogP contribution in [0.2, 0.25) is 5.02 Å². The third-order valence-electron chi connectivity index (χ3n) is 7.02. The molecule has 0 atom stereocenters. The Kier molecular flexibility index (Phi) is 4.88. The van der Waals surface area contributed by atoms with Crippen LogP contribution in [0, 0.1) is 0 Å². The minimum atomic E-state index is -3.07. The number of fused-ring (bicyclic) bond motifs is 1. The van der Waals surface area contributed by atoms with Crippen molar-refractivity contribution in [2.75, 3.05) is 18.0 Å². The molecule has 1 aliphatic carbocycles. The molecule has 0 amide bonds. The maximum atomic E-state index is 12.5. The molecule has 0 N–H and O–H groups in total. The summed E-state index contributed by atoms with van der Waals surface area (Å²) in [5, 5.41) is 0.648. The van der Waals surface area contributed by atoms with Crippen LogP contribution < -0.4 is 4.90 Å². The lowest BCUT2D eigenvalue weighted by molar-refractivity contribution is 0.319. The Morgan fingerprint density at radius 1 is 1.07 bits per heavy atom. The highest BCUT2D eigenvalue weighted by atomic mass is 35.5. The van der Waals surface area contributed by atoms with Crippen molar-refractivity contribution < 1.29 is 8.42 Å². The van der Waals surface area contributed by atoms with E-state index in [0.717, 1.165) is 42.9 Å². The van der Waals surface area contributed by atoms with Gasteiger partial charge in [-0.2, -0.15) is 0 Å². The van der Waals surface area contributed by atoms with Crippen molar-refractivity contribution in [3.63, 3.8) is 0 Å². The number of anilines is 1. The number of benzene rings is 1. The highest BCUT2D eigenvalue weighted by molar-refractivity contribution is 7.90. The van der Waals surface area contributed by atoms with Crippen LogP contribution in [0.1, 0.15) is 62.1 Å². The summed E-state index contributed by atoms with van der Waals surface area (Å²) in [6.07, 6.45) is 7.26. The molecule has 0 spiro atoms. The predicted octanol–water partition coefficient (Wildman–Crippen LogP) is 4.66. The van der Waals surface area contributed by atoms with Gasteiger partial charge in [-0.3, -0.25) is 4.98 Å². The van der Waals surface area contributed by atoms with E-state index >= 15 is 0 Å². The molecule has 1 saturated heterocycles. The van der Waals surface area contributed by atoms with Gasteiger partial charge in [0.2, 0.25) is 10.0 Å². The number of nitrogens with zero attached hydrogens (tertiary/aromatic N) is 3.